The predicted octanol–water partition coefficient (Wildman–Crippen LogP) is 2.65. The highest BCUT2D eigenvalue weighted by Gasteiger charge is 2.21. The van der Waals surface area contributed by atoms with Crippen LogP contribution in [0.1, 0.15) is 21.7 Å². The van der Waals surface area contributed by atoms with Crippen LogP contribution < -0.4 is 9.64 Å². The smallest absolute Gasteiger partial charge is 0.156 e. The van der Waals surface area contributed by atoms with Crippen molar-refractivity contribution in [3.8, 4) is 5.75 Å². The summed E-state index contributed by atoms with van der Waals surface area (Å²) >= 11 is 6.05. The molecule has 5 nitrogen and oxygen atoms in total. The Morgan fingerprint density at radius 2 is 2.14 bits per heavy atom. The molecule has 1 aliphatic heterocycles. The van der Waals surface area contributed by atoms with Gasteiger partial charge in [0.2, 0.25) is 0 Å². The number of benzene rings is 1. The van der Waals surface area contributed by atoms with Crippen LogP contribution in [-0.2, 0) is 6.54 Å². The van der Waals surface area contributed by atoms with Gasteiger partial charge in [0.15, 0.2) is 6.29 Å². The molecule has 3 rings (SSSR count). The van der Waals surface area contributed by atoms with Crippen molar-refractivity contribution in [1.29, 1.82) is 0 Å². The summed E-state index contributed by atoms with van der Waals surface area (Å²) in [6.07, 6.45) is 0.703. The summed E-state index contributed by atoms with van der Waals surface area (Å²) in [5.41, 5.74) is 1.38. The van der Waals surface area contributed by atoms with Crippen LogP contribution in [0.25, 0.3) is 0 Å². The number of hydrogen-bond acceptors (Lipinski definition) is 5. The van der Waals surface area contributed by atoms with Crippen LogP contribution in [0, 0.1) is 6.92 Å². The number of fused-ring (bicyclic) bond motifs is 1. The maximum absolute atomic E-state index is 11.3. The van der Waals surface area contributed by atoms with Crippen molar-refractivity contribution in [2.24, 2.45) is 0 Å². The van der Waals surface area contributed by atoms with E-state index in [9.17, 15) is 4.79 Å². The van der Waals surface area contributed by atoms with Gasteiger partial charge in [0.25, 0.3) is 0 Å². The highest BCUT2D eigenvalue weighted by atomic mass is 35.5. The Labute approximate surface area is 127 Å². The fourth-order valence-electron chi connectivity index (χ4n) is 2.38. The Morgan fingerprint density at radius 3 is 2.95 bits per heavy atom. The van der Waals surface area contributed by atoms with E-state index in [0.29, 0.717) is 43.2 Å². The number of anilines is 1. The molecule has 0 saturated heterocycles. The van der Waals surface area contributed by atoms with Gasteiger partial charge < -0.3 is 9.64 Å². The molecule has 0 amide bonds. The largest absolute Gasteiger partial charge is 0.491 e. The van der Waals surface area contributed by atoms with Crippen LogP contribution in [0.3, 0.4) is 0 Å². The molecule has 0 fully saturated rings. The number of aromatic nitrogens is 2. The summed E-state index contributed by atoms with van der Waals surface area (Å²) in [5, 5.41) is 0.186. The second-order valence-electron chi connectivity index (χ2n) is 4.79. The first-order chi connectivity index (χ1) is 10.2. The van der Waals surface area contributed by atoms with Gasteiger partial charge in [-0.25, -0.2) is 9.97 Å². The van der Waals surface area contributed by atoms with Crippen LogP contribution in [0.15, 0.2) is 24.3 Å². The van der Waals surface area contributed by atoms with Crippen LogP contribution >= 0.6 is 11.6 Å². The molecule has 0 saturated carbocycles. The van der Waals surface area contributed by atoms with Crippen LogP contribution in [0.4, 0.5) is 5.82 Å². The van der Waals surface area contributed by atoms with Crippen LogP contribution in [0.2, 0.25) is 5.15 Å². The molecule has 1 aliphatic rings. The third-order valence-electron chi connectivity index (χ3n) is 3.36. The summed E-state index contributed by atoms with van der Waals surface area (Å²) in [7, 11) is 0. The number of aldehydes is 1. The van der Waals surface area contributed by atoms with Crippen LogP contribution in [0.5, 0.6) is 5.75 Å². The van der Waals surface area contributed by atoms with E-state index in [0.717, 1.165) is 11.3 Å². The zero-order chi connectivity index (χ0) is 14.8. The lowest BCUT2D eigenvalue weighted by Crippen LogP contribution is -2.28. The molecule has 0 unspecified atom stereocenters. The fourth-order valence-corrected chi connectivity index (χ4v) is 2.63. The Balaban J connectivity index is 2.03. The van der Waals surface area contributed by atoms with Crippen molar-refractivity contribution in [1.82, 2.24) is 9.97 Å². The Hall–Kier alpha value is -2.14. The number of hydrogen-bond donors (Lipinski definition) is 0. The molecule has 1 aromatic heterocycles. The van der Waals surface area contributed by atoms with Gasteiger partial charge in [-0.15, -0.1) is 0 Å². The van der Waals surface area contributed by atoms with Crippen molar-refractivity contribution < 1.29 is 9.53 Å². The molecule has 0 aliphatic carbocycles. The van der Waals surface area contributed by atoms with Gasteiger partial charge in [0.05, 0.1) is 12.1 Å². The summed E-state index contributed by atoms with van der Waals surface area (Å²) in [5.74, 6) is 1.96. The van der Waals surface area contributed by atoms with Crippen molar-refractivity contribution >= 4 is 23.7 Å². The first kappa shape index (κ1) is 13.8. The third kappa shape index (κ3) is 2.69. The van der Waals surface area contributed by atoms with Crippen molar-refractivity contribution in [3.05, 3.63) is 46.4 Å². The fraction of sp³-hybridized carbons (Fsp3) is 0.267. The first-order valence-corrected chi connectivity index (χ1v) is 7.02. The minimum atomic E-state index is 0.186. The van der Waals surface area contributed by atoms with Gasteiger partial charge >= 0.3 is 0 Å². The molecule has 2 aromatic rings. The highest BCUT2D eigenvalue weighted by Crippen LogP contribution is 2.28. The number of rotatable bonds is 2. The molecule has 0 spiro atoms. The number of aryl methyl sites for hydroxylation is 1. The zero-order valence-corrected chi connectivity index (χ0v) is 12.3. The van der Waals surface area contributed by atoms with Crippen molar-refractivity contribution in [3.63, 3.8) is 0 Å². The third-order valence-corrected chi connectivity index (χ3v) is 3.65. The topological polar surface area (TPSA) is 55.3 Å². The normalized spacial score (nSPS) is 14.1. The number of para-hydroxylation sites is 1. The maximum atomic E-state index is 11.3. The summed E-state index contributed by atoms with van der Waals surface area (Å²) in [6.45, 7) is 3.52. The number of ether oxygens (including phenoxy) is 1. The molecular weight excluding hydrogens is 290 g/mol. The van der Waals surface area contributed by atoms with Gasteiger partial charge in [-0.3, -0.25) is 4.79 Å². The van der Waals surface area contributed by atoms with Crippen LogP contribution in [-0.4, -0.2) is 29.4 Å². The SMILES string of the molecule is Cc1nc(Cl)c(C=O)c(N2CCOc3ccccc3C2)n1. The van der Waals surface area contributed by atoms with Gasteiger partial charge in [0.1, 0.15) is 29.2 Å². The van der Waals surface area contributed by atoms with E-state index < -0.39 is 0 Å². The molecule has 2 heterocycles. The lowest BCUT2D eigenvalue weighted by atomic mass is 10.2. The minimum absolute atomic E-state index is 0.186. The Morgan fingerprint density at radius 1 is 1.33 bits per heavy atom. The predicted molar refractivity (Wildman–Crippen MR) is 80.2 cm³/mol. The lowest BCUT2D eigenvalue weighted by Gasteiger charge is -2.22. The molecule has 0 bridgehead atoms. The monoisotopic (exact) mass is 303 g/mol. The standard InChI is InChI=1S/C15H14ClN3O2/c1-10-17-14(16)12(9-20)15(18-10)19-6-7-21-13-5-3-2-4-11(13)8-19/h2-5,9H,6-8H2,1H3. The van der Waals surface area contributed by atoms with E-state index in [-0.39, 0.29) is 5.15 Å². The lowest BCUT2D eigenvalue weighted by molar-refractivity contribution is 0.112. The molecule has 1 aromatic carbocycles. The number of nitrogens with zero attached hydrogens (tertiary/aromatic N) is 3. The molecule has 0 radical (unpaired) electrons. The number of carbonyl (C=O) groups is 1. The number of halogens is 1. The molecule has 108 valence electrons. The Kier molecular flexibility index (Phi) is 3.75. The van der Waals surface area contributed by atoms with E-state index in [1.165, 1.54) is 0 Å². The average Bonchev–Trinajstić information content (AvgIpc) is 2.68. The molecule has 0 atom stereocenters. The molecular formula is C15H14ClN3O2. The molecule has 21 heavy (non-hydrogen) atoms. The maximum Gasteiger partial charge on any atom is 0.156 e. The van der Waals surface area contributed by atoms with Gasteiger partial charge in [-0.05, 0) is 13.0 Å². The van der Waals surface area contributed by atoms with E-state index in [4.69, 9.17) is 16.3 Å². The van der Waals surface area contributed by atoms with Gasteiger partial charge in [0, 0.05) is 12.1 Å². The second kappa shape index (κ2) is 5.69. The van der Waals surface area contributed by atoms with Crippen molar-refractivity contribution in [2.75, 3.05) is 18.1 Å². The van der Waals surface area contributed by atoms with Gasteiger partial charge in [-0.2, -0.15) is 0 Å². The average molecular weight is 304 g/mol. The first-order valence-electron chi connectivity index (χ1n) is 6.64. The minimum Gasteiger partial charge on any atom is -0.491 e. The Bertz CT molecular complexity index is 691. The summed E-state index contributed by atoms with van der Waals surface area (Å²) < 4.78 is 5.73. The van der Waals surface area contributed by atoms with E-state index in [2.05, 4.69) is 9.97 Å². The van der Waals surface area contributed by atoms with Crippen molar-refractivity contribution in [2.45, 2.75) is 13.5 Å². The molecule has 6 heteroatoms. The van der Waals surface area contributed by atoms with Gasteiger partial charge in [-0.1, -0.05) is 29.8 Å². The summed E-state index contributed by atoms with van der Waals surface area (Å²) in [4.78, 5) is 21.7. The summed E-state index contributed by atoms with van der Waals surface area (Å²) in [6, 6.07) is 7.85. The van der Waals surface area contributed by atoms with E-state index >= 15 is 0 Å². The molecule has 0 N–H and O–H groups in total. The second-order valence-corrected chi connectivity index (χ2v) is 5.15. The van der Waals surface area contributed by atoms with E-state index in [1.807, 2.05) is 29.2 Å². The number of carbonyl (C=O) groups excluding carboxylic acids is 1. The quantitative estimate of drug-likeness (QED) is 0.630. The highest BCUT2D eigenvalue weighted by molar-refractivity contribution is 6.32. The zero-order valence-electron chi connectivity index (χ0n) is 11.5. The van der Waals surface area contributed by atoms with E-state index in [1.54, 1.807) is 6.92 Å².